The number of hydroxylamine groups is 1. The van der Waals surface area contributed by atoms with Gasteiger partial charge in [-0.3, -0.25) is 0 Å². The zero-order valence-corrected chi connectivity index (χ0v) is 7.21. The van der Waals surface area contributed by atoms with Crippen LogP contribution in [0, 0.1) is 0 Å². The quantitative estimate of drug-likeness (QED) is 0.597. The Hall–Kier alpha value is -0.120. The Morgan fingerprint density at radius 2 is 2.09 bits per heavy atom. The van der Waals surface area contributed by atoms with Gasteiger partial charge in [-0.15, -0.1) is 0 Å². The van der Waals surface area contributed by atoms with Gasteiger partial charge in [0.15, 0.2) is 0 Å². The summed E-state index contributed by atoms with van der Waals surface area (Å²) in [5.41, 5.74) is 2.34. The van der Waals surface area contributed by atoms with Crippen molar-refractivity contribution in [1.82, 2.24) is 10.4 Å². The van der Waals surface area contributed by atoms with Crippen LogP contribution in [-0.2, 0) is 0 Å². The van der Waals surface area contributed by atoms with E-state index in [0.29, 0.717) is 6.04 Å². The Morgan fingerprint density at radius 1 is 1.45 bits per heavy atom. The Labute approximate surface area is 68.3 Å². The van der Waals surface area contributed by atoms with Gasteiger partial charge in [-0.25, -0.2) is 5.48 Å². The fourth-order valence-electron chi connectivity index (χ4n) is 1.60. The maximum Gasteiger partial charge on any atom is 0.0344 e. The van der Waals surface area contributed by atoms with Crippen LogP contribution in [-0.4, -0.2) is 35.8 Å². The van der Waals surface area contributed by atoms with E-state index in [1.165, 1.54) is 13.0 Å². The van der Waals surface area contributed by atoms with E-state index in [2.05, 4.69) is 17.3 Å². The molecular weight excluding hydrogens is 140 g/mol. The number of hydrogen-bond acceptors (Lipinski definition) is 3. The van der Waals surface area contributed by atoms with E-state index in [9.17, 15) is 0 Å². The third-order valence-electron chi connectivity index (χ3n) is 2.31. The van der Waals surface area contributed by atoms with Crippen molar-refractivity contribution >= 4 is 0 Å². The average Bonchev–Trinajstić information content (AvgIpc) is 2.07. The first kappa shape index (κ1) is 8.97. The van der Waals surface area contributed by atoms with Crippen molar-refractivity contribution in [3.8, 4) is 0 Å². The van der Waals surface area contributed by atoms with Gasteiger partial charge in [-0.1, -0.05) is 6.92 Å². The van der Waals surface area contributed by atoms with Crippen LogP contribution >= 0.6 is 0 Å². The monoisotopic (exact) mass is 158 g/mol. The molecule has 66 valence electrons. The lowest BCUT2D eigenvalue weighted by Crippen LogP contribution is -2.41. The van der Waals surface area contributed by atoms with E-state index >= 15 is 0 Å². The Balaban J connectivity index is 2.14. The fourth-order valence-corrected chi connectivity index (χ4v) is 1.60. The normalized spacial score (nSPS) is 22.4. The van der Waals surface area contributed by atoms with E-state index in [-0.39, 0.29) is 0 Å². The van der Waals surface area contributed by atoms with Crippen molar-refractivity contribution in [1.29, 1.82) is 0 Å². The molecule has 0 aromatic carbocycles. The van der Waals surface area contributed by atoms with Crippen molar-refractivity contribution < 1.29 is 5.21 Å². The zero-order valence-electron chi connectivity index (χ0n) is 7.21. The second-order valence-corrected chi connectivity index (χ2v) is 3.25. The highest BCUT2D eigenvalue weighted by molar-refractivity contribution is 4.73. The maximum absolute atomic E-state index is 8.64. The first-order chi connectivity index (χ1) is 5.36. The van der Waals surface area contributed by atoms with Gasteiger partial charge in [0.05, 0.1) is 0 Å². The Bertz CT molecular complexity index is 100. The molecule has 0 amide bonds. The van der Waals surface area contributed by atoms with Crippen LogP contribution < -0.4 is 5.48 Å². The number of rotatable bonds is 3. The SMILES string of the molecule is CCCN1CCC(NO)CC1. The summed E-state index contributed by atoms with van der Waals surface area (Å²) in [7, 11) is 0. The maximum atomic E-state index is 8.64. The minimum atomic E-state index is 0.336. The predicted octanol–water partition coefficient (Wildman–Crippen LogP) is 0.840. The van der Waals surface area contributed by atoms with Crippen molar-refractivity contribution in [3.05, 3.63) is 0 Å². The van der Waals surface area contributed by atoms with Gasteiger partial charge in [-0.2, -0.15) is 0 Å². The summed E-state index contributed by atoms with van der Waals surface area (Å²) in [5.74, 6) is 0. The summed E-state index contributed by atoms with van der Waals surface area (Å²) in [5, 5.41) is 8.64. The van der Waals surface area contributed by atoms with E-state index in [1.54, 1.807) is 0 Å². The van der Waals surface area contributed by atoms with Crippen molar-refractivity contribution in [2.45, 2.75) is 32.2 Å². The molecule has 1 fully saturated rings. The van der Waals surface area contributed by atoms with E-state index in [1.807, 2.05) is 0 Å². The molecule has 2 N–H and O–H groups in total. The summed E-state index contributed by atoms with van der Waals surface area (Å²) < 4.78 is 0. The second kappa shape index (κ2) is 4.70. The average molecular weight is 158 g/mol. The minimum absolute atomic E-state index is 0.336. The molecule has 3 heteroatoms. The molecule has 0 atom stereocenters. The molecule has 0 spiro atoms. The van der Waals surface area contributed by atoms with Crippen LogP contribution in [0.3, 0.4) is 0 Å². The van der Waals surface area contributed by atoms with Gasteiger partial charge in [0, 0.05) is 6.04 Å². The van der Waals surface area contributed by atoms with Gasteiger partial charge in [0.1, 0.15) is 0 Å². The highest BCUT2D eigenvalue weighted by Gasteiger charge is 2.16. The molecule has 0 aromatic rings. The summed E-state index contributed by atoms with van der Waals surface area (Å²) in [6.07, 6.45) is 3.39. The zero-order chi connectivity index (χ0) is 8.10. The summed E-state index contributed by atoms with van der Waals surface area (Å²) in [6.45, 7) is 5.67. The first-order valence-electron chi connectivity index (χ1n) is 4.48. The molecule has 0 unspecified atom stereocenters. The molecular formula is C8H18N2O. The highest BCUT2D eigenvalue weighted by Crippen LogP contribution is 2.09. The van der Waals surface area contributed by atoms with Gasteiger partial charge < -0.3 is 10.1 Å². The van der Waals surface area contributed by atoms with Gasteiger partial charge >= 0.3 is 0 Å². The molecule has 0 bridgehead atoms. The van der Waals surface area contributed by atoms with E-state index < -0.39 is 0 Å². The van der Waals surface area contributed by atoms with Crippen LogP contribution in [0.1, 0.15) is 26.2 Å². The lowest BCUT2D eigenvalue weighted by atomic mass is 10.1. The minimum Gasteiger partial charge on any atom is -0.317 e. The second-order valence-electron chi connectivity index (χ2n) is 3.25. The molecule has 0 aromatic heterocycles. The highest BCUT2D eigenvalue weighted by atomic mass is 16.5. The summed E-state index contributed by atoms with van der Waals surface area (Å²) >= 11 is 0. The largest absolute Gasteiger partial charge is 0.317 e. The Kier molecular flexibility index (Phi) is 3.83. The fraction of sp³-hybridized carbons (Fsp3) is 1.00. The molecule has 1 aliphatic heterocycles. The van der Waals surface area contributed by atoms with Crippen LogP contribution in [0.25, 0.3) is 0 Å². The van der Waals surface area contributed by atoms with Gasteiger partial charge in [0.25, 0.3) is 0 Å². The molecule has 1 rings (SSSR count). The number of nitrogens with one attached hydrogen (secondary N) is 1. The molecule has 1 saturated heterocycles. The van der Waals surface area contributed by atoms with Crippen LogP contribution in [0.4, 0.5) is 0 Å². The molecule has 3 nitrogen and oxygen atoms in total. The molecule has 0 saturated carbocycles. The predicted molar refractivity (Wildman–Crippen MR) is 44.7 cm³/mol. The third-order valence-corrected chi connectivity index (χ3v) is 2.31. The first-order valence-corrected chi connectivity index (χ1v) is 4.48. The standard InChI is InChI=1S/C8H18N2O/c1-2-5-10-6-3-8(9-11)4-7-10/h8-9,11H,2-7H2,1H3. The topological polar surface area (TPSA) is 35.5 Å². The number of piperidine rings is 1. The van der Waals surface area contributed by atoms with Crippen molar-refractivity contribution in [2.75, 3.05) is 19.6 Å². The Morgan fingerprint density at radius 3 is 2.55 bits per heavy atom. The summed E-state index contributed by atoms with van der Waals surface area (Å²) in [6, 6.07) is 0.336. The molecule has 1 heterocycles. The smallest absolute Gasteiger partial charge is 0.0344 e. The molecule has 11 heavy (non-hydrogen) atoms. The van der Waals surface area contributed by atoms with Crippen molar-refractivity contribution in [3.63, 3.8) is 0 Å². The number of nitrogens with zero attached hydrogens (tertiary/aromatic N) is 1. The van der Waals surface area contributed by atoms with E-state index in [4.69, 9.17) is 5.21 Å². The number of likely N-dealkylation sites (tertiary alicyclic amines) is 1. The molecule has 1 aliphatic rings. The van der Waals surface area contributed by atoms with E-state index in [0.717, 1.165) is 25.9 Å². The van der Waals surface area contributed by atoms with Gasteiger partial charge in [0.2, 0.25) is 0 Å². The van der Waals surface area contributed by atoms with Gasteiger partial charge in [-0.05, 0) is 38.9 Å². The molecule has 0 radical (unpaired) electrons. The van der Waals surface area contributed by atoms with Crippen LogP contribution in [0.15, 0.2) is 0 Å². The third kappa shape index (κ3) is 2.77. The molecule has 0 aliphatic carbocycles. The number of hydrogen-bond donors (Lipinski definition) is 2. The summed E-state index contributed by atoms with van der Waals surface area (Å²) in [4.78, 5) is 2.45. The lowest BCUT2D eigenvalue weighted by molar-refractivity contribution is 0.0828. The van der Waals surface area contributed by atoms with Crippen molar-refractivity contribution in [2.24, 2.45) is 0 Å². The van der Waals surface area contributed by atoms with Crippen LogP contribution in [0.2, 0.25) is 0 Å². The van der Waals surface area contributed by atoms with Crippen LogP contribution in [0.5, 0.6) is 0 Å². The lowest BCUT2D eigenvalue weighted by Gasteiger charge is -2.30.